The fourth-order valence-electron chi connectivity index (χ4n) is 4.00. The molecule has 1 aliphatic carbocycles. The molecule has 0 unspecified atom stereocenters. The van der Waals surface area contributed by atoms with Crippen molar-refractivity contribution in [2.75, 3.05) is 0 Å². The van der Waals surface area contributed by atoms with E-state index in [1.54, 1.807) is 0 Å². The van der Waals surface area contributed by atoms with Crippen LogP contribution in [0.3, 0.4) is 0 Å². The van der Waals surface area contributed by atoms with Crippen molar-refractivity contribution in [3.8, 4) is 0 Å². The van der Waals surface area contributed by atoms with Gasteiger partial charge in [-0.05, 0) is 35.3 Å². The van der Waals surface area contributed by atoms with E-state index in [1.165, 1.54) is 36.8 Å². The molecule has 0 heterocycles. The normalized spacial score (nSPS) is 26.0. The SMILES string of the molecule is CC1CCC(C)(C(c2ccccc2)c2ccccc2)CC1. The first-order valence-corrected chi connectivity index (χ1v) is 8.29. The summed E-state index contributed by atoms with van der Waals surface area (Å²) >= 11 is 0. The molecule has 0 saturated heterocycles. The minimum absolute atomic E-state index is 0.384. The van der Waals surface area contributed by atoms with E-state index in [2.05, 4.69) is 74.5 Å². The second-order valence-electron chi connectivity index (χ2n) is 7.09. The van der Waals surface area contributed by atoms with Gasteiger partial charge in [-0.1, -0.05) is 87.4 Å². The Kier molecular flexibility index (Phi) is 4.14. The summed E-state index contributed by atoms with van der Waals surface area (Å²) in [5.41, 5.74) is 3.33. The van der Waals surface area contributed by atoms with E-state index >= 15 is 0 Å². The monoisotopic (exact) mass is 278 g/mol. The maximum absolute atomic E-state index is 2.50. The van der Waals surface area contributed by atoms with E-state index in [0.717, 1.165) is 5.92 Å². The van der Waals surface area contributed by atoms with Crippen LogP contribution >= 0.6 is 0 Å². The van der Waals surface area contributed by atoms with Gasteiger partial charge in [-0.15, -0.1) is 0 Å². The minimum atomic E-state index is 0.384. The van der Waals surface area contributed by atoms with Gasteiger partial charge in [-0.2, -0.15) is 0 Å². The van der Waals surface area contributed by atoms with Crippen molar-refractivity contribution >= 4 is 0 Å². The van der Waals surface area contributed by atoms with Crippen LogP contribution in [0.25, 0.3) is 0 Å². The smallest absolute Gasteiger partial charge is 0.0143 e. The molecule has 110 valence electrons. The minimum Gasteiger partial charge on any atom is -0.0625 e. The average molecular weight is 278 g/mol. The third-order valence-corrected chi connectivity index (χ3v) is 5.38. The van der Waals surface area contributed by atoms with Crippen LogP contribution in [0.5, 0.6) is 0 Å². The van der Waals surface area contributed by atoms with Crippen LogP contribution in [0.4, 0.5) is 0 Å². The average Bonchev–Trinajstić information content (AvgIpc) is 2.53. The molecule has 3 rings (SSSR count). The van der Waals surface area contributed by atoms with Crippen LogP contribution in [-0.4, -0.2) is 0 Å². The highest BCUT2D eigenvalue weighted by Gasteiger charge is 2.38. The predicted molar refractivity (Wildman–Crippen MR) is 90.5 cm³/mol. The third kappa shape index (κ3) is 3.05. The topological polar surface area (TPSA) is 0 Å². The van der Waals surface area contributed by atoms with Gasteiger partial charge < -0.3 is 0 Å². The van der Waals surface area contributed by atoms with Crippen molar-refractivity contribution < 1.29 is 0 Å². The van der Waals surface area contributed by atoms with E-state index in [0.29, 0.717) is 11.3 Å². The Morgan fingerprint density at radius 1 is 0.810 bits per heavy atom. The molecule has 0 heteroatoms. The fraction of sp³-hybridized carbons (Fsp3) is 0.429. The highest BCUT2D eigenvalue weighted by Crippen LogP contribution is 2.51. The first-order chi connectivity index (χ1) is 10.2. The summed E-state index contributed by atoms with van der Waals surface area (Å²) in [6, 6.07) is 22.2. The molecule has 0 nitrogen and oxygen atoms in total. The largest absolute Gasteiger partial charge is 0.0625 e. The third-order valence-electron chi connectivity index (χ3n) is 5.38. The van der Waals surface area contributed by atoms with Crippen LogP contribution < -0.4 is 0 Å². The summed E-state index contributed by atoms with van der Waals surface area (Å²) in [5, 5.41) is 0. The Balaban J connectivity index is 2.01. The maximum Gasteiger partial charge on any atom is 0.0143 e. The van der Waals surface area contributed by atoms with Crippen molar-refractivity contribution in [3.05, 3.63) is 71.8 Å². The maximum atomic E-state index is 2.50. The van der Waals surface area contributed by atoms with E-state index in [-0.39, 0.29) is 0 Å². The predicted octanol–water partition coefficient (Wildman–Crippen LogP) is 6.03. The molecule has 1 saturated carbocycles. The quantitative estimate of drug-likeness (QED) is 0.642. The number of rotatable bonds is 3. The van der Waals surface area contributed by atoms with Gasteiger partial charge in [0.15, 0.2) is 0 Å². The fourth-order valence-corrected chi connectivity index (χ4v) is 4.00. The Morgan fingerprint density at radius 2 is 1.24 bits per heavy atom. The molecule has 21 heavy (non-hydrogen) atoms. The Hall–Kier alpha value is -1.56. The lowest BCUT2D eigenvalue weighted by Crippen LogP contribution is -2.31. The summed E-state index contributed by atoms with van der Waals surface area (Å²) in [6.07, 6.45) is 5.41. The first-order valence-electron chi connectivity index (χ1n) is 8.29. The Morgan fingerprint density at radius 3 is 1.67 bits per heavy atom. The molecular weight excluding hydrogens is 252 g/mol. The molecule has 0 amide bonds. The zero-order valence-electron chi connectivity index (χ0n) is 13.3. The lowest BCUT2D eigenvalue weighted by molar-refractivity contribution is 0.155. The van der Waals surface area contributed by atoms with Gasteiger partial charge in [0.1, 0.15) is 0 Å². The number of benzene rings is 2. The van der Waals surface area contributed by atoms with E-state index in [4.69, 9.17) is 0 Å². The van der Waals surface area contributed by atoms with Crippen molar-refractivity contribution in [1.29, 1.82) is 0 Å². The number of hydrogen-bond donors (Lipinski definition) is 0. The Bertz CT molecular complexity index is 508. The van der Waals surface area contributed by atoms with E-state index in [9.17, 15) is 0 Å². The molecule has 0 spiro atoms. The van der Waals surface area contributed by atoms with Crippen molar-refractivity contribution in [2.24, 2.45) is 11.3 Å². The van der Waals surface area contributed by atoms with Crippen LogP contribution in [0.15, 0.2) is 60.7 Å². The molecule has 0 aromatic heterocycles. The van der Waals surface area contributed by atoms with Gasteiger partial charge in [-0.25, -0.2) is 0 Å². The van der Waals surface area contributed by atoms with Crippen molar-refractivity contribution in [2.45, 2.75) is 45.4 Å². The van der Waals surface area contributed by atoms with Crippen LogP contribution in [0.1, 0.15) is 56.6 Å². The van der Waals surface area contributed by atoms with Crippen LogP contribution in [0, 0.1) is 11.3 Å². The molecule has 2 aromatic carbocycles. The van der Waals surface area contributed by atoms with Gasteiger partial charge in [0, 0.05) is 5.92 Å². The zero-order chi connectivity index (χ0) is 14.7. The van der Waals surface area contributed by atoms with Crippen molar-refractivity contribution in [1.82, 2.24) is 0 Å². The molecule has 0 radical (unpaired) electrons. The summed E-state index contributed by atoms with van der Waals surface area (Å²) in [6.45, 7) is 4.91. The molecule has 0 atom stereocenters. The number of hydrogen-bond acceptors (Lipinski definition) is 0. The van der Waals surface area contributed by atoms with Gasteiger partial charge in [0.2, 0.25) is 0 Å². The Labute approximate surface area is 129 Å². The van der Waals surface area contributed by atoms with Gasteiger partial charge in [0.25, 0.3) is 0 Å². The molecule has 1 fully saturated rings. The van der Waals surface area contributed by atoms with E-state index < -0.39 is 0 Å². The molecule has 2 aromatic rings. The summed E-state index contributed by atoms with van der Waals surface area (Å²) in [4.78, 5) is 0. The second-order valence-corrected chi connectivity index (χ2v) is 7.09. The molecule has 0 N–H and O–H groups in total. The van der Waals surface area contributed by atoms with E-state index in [1.807, 2.05) is 0 Å². The molecule has 0 bridgehead atoms. The van der Waals surface area contributed by atoms with Gasteiger partial charge in [0.05, 0.1) is 0 Å². The second kappa shape index (κ2) is 6.05. The summed E-state index contributed by atoms with van der Waals surface area (Å²) in [7, 11) is 0. The first kappa shape index (κ1) is 14.4. The lowest BCUT2D eigenvalue weighted by Gasteiger charge is -2.43. The molecular formula is C21H26. The highest BCUT2D eigenvalue weighted by atomic mass is 14.4. The van der Waals surface area contributed by atoms with Crippen LogP contribution in [0.2, 0.25) is 0 Å². The van der Waals surface area contributed by atoms with Crippen molar-refractivity contribution in [3.63, 3.8) is 0 Å². The summed E-state index contributed by atoms with van der Waals surface area (Å²) in [5.74, 6) is 1.41. The standard InChI is InChI=1S/C21H26/c1-17-13-15-21(2,16-14-17)20(18-9-5-3-6-10-18)19-11-7-4-8-12-19/h3-12,17,20H,13-16H2,1-2H3. The highest BCUT2D eigenvalue weighted by molar-refractivity contribution is 5.35. The molecule has 0 aliphatic heterocycles. The van der Waals surface area contributed by atoms with Gasteiger partial charge in [-0.3, -0.25) is 0 Å². The summed E-state index contributed by atoms with van der Waals surface area (Å²) < 4.78 is 0. The van der Waals surface area contributed by atoms with Crippen LogP contribution in [-0.2, 0) is 0 Å². The molecule has 1 aliphatic rings. The lowest BCUT2D eigenvalue weighted by atomic mass is 9.61. The zero-order valence-corrected chi connectivity index (χ0v) is 13.3. The van der Waals surface area contributed by atoms with Gasteiger partial charge >= 0.3 is 0 Å².